The van der Waals surface area contributed by atoms with E-state index in [1.807, 2.05) is 36.1 Å². The highest BCUT2D eigenvalue weighted by Gasteiger charge is 2.40. The molecule has 1 fully saturated rings. The van der Waals surface area contributed by atoms with Gasteiger partial charge in [0.1, 0.15) is 5.75 Å². The van der Waals surface area contributed by atoms with E-state index in [1.54, 1.807) is 0 Å². The van der Waals surface area contributed by atoms with E-state index in [4.69, 9.17) is 10.5 Å². The van der Waals surface area contributed by atoms with Crippen LogP contribution in [0.4, 0.5) is 0 Å². The molecule has 2 unspecified atom stereocenters. The van der Waals surface area contributed by atoms with Crippen LogP contribution < -0.4 is 10.5 Å². The number of benzene rings is 1. The van der Waals surface area contributed by atoms with Crippen LogP contribution in [-0.4, -0.2) is 29.0 Å². The summed E-state index contributed by atoms with van der Waals surface area (Å²) in [5, 5.41) is 0. The molecular weight excluding hydrogens is 264 g/mol. The number of amides is 1. The topological polar surface area (TPSA) is 55.6 Å². The number of hydrogen-bond acceptors (Lipinski definition) is 3. The summed E-state index contributed by atoms with van der Waals surface area (Å²) >= 11 is 0. The Morgan fingerprint density at radius 2 is 2.10 bits per heavy atom. The Bertz CT molecular complexity index is 508. The van der Waals surface area contributed by atoms with Gasteiger partial charge in [-0.05, 0) is 51.8 Å². The minimum absolute atomic E-state index is 0.0428. The summed E-state index contributed by atoms with van der Waals surface area (Å²) in [6.07, 6.45) is 1.26. The molecular formula is C17H26N2O2. The summed E-state index contributed by atoms with van der Waals surface area (Å²) in [5.74, 6) is 1.00. The van der Waals surface area contributed by atoms with Gasteiger partial charge in [0.15, 0.2) is 0 Å². The minimum Gasteiger partial charge on any atom is -0.494 e. The molecule has 1 saturated heterocycles. The zero-order valence-corrected chi connectivity index (χ0v) is 13.4. The first kappa shape index (κ1) is 15.8. The Kier molecular flexibility index (Phi) is 4.57. The molecule has 0 aliphatic carbocycles. The van der Waals surface area contributed by atoms with Gasteiger partial charge in [0.2, 0.25) is 5.91 Å². The van der Waals surface area contributed by atoms with Crippen molar-refractivity contribution in [1.29, 1.82) is 0 Å². The van der Waals surface area contributed by atoms with Gasteiger partial charge in [-0.3, -0.25) is 4.79 Å². The van der Waals surface area contributed by atoms with Crippen molar-refractivity contribution in [2.45, 2.75) is 58.2 Å². The minimum atomic E-state index is -0.249. The molecule has 1 aliphatic heterocycles. The summed E-state index contributed by atoms with van der Waals surface area (Å²) in [6, 6.07) is 7.80. The molecule has 116 valence electrons. The predicted molar refractivity (Wildman–Crippen MR) is 84.2 cm³/mol. The molecule has 1 heterocycles. The Balaban J connectivity index is 2.41. The lowest BCUT2D eigenvalue weighted by molar-refractivity contribution is -0.144. The van der Waals surface area contributed by atoms with E-state index in [0.717, 1.165) is 17.7 Å². The lowest BCUT2D eigenvalue weighted by Crippen LogP contribution is -2.56. The van der Waals surface area contributed by atoms with E-state index < -0.39 is 0 Å². The maximum Gasteiger partial charge on any atom is 0.223 e. The number of carbonyl (C=O) groups excluding carboxylic acids is 1. The SMILES string of the molecule is CCOc1cccc(C2C(N)CCC(=O)N2C(C)(C)C)c1. The predicted octanol–water partition coefficient (Wildman–Crippen LogP) is 2.87. The first-order valence-corrected chi connectivity index (χ1v) is 7.65. The van der Waals surface area contributed by atoms with E-state index in [2.05, 4.69) is 20.8 Å². The van der Waals surface area contributed by atoms with Gasteiger partial charge in [-0.1, -0.05) is 12.1 Å². The average Bonchev–Trinajstić information content (AvgIpc) is 2.40. The molecule has 4 nitrogen and oxygen atoms in total. The molecule has 1 aromatic rings. The fourth-order valence-electron chi connectivity index (χ4n) is 3.06. The van der Waals surface area contributed by atoms with Gasteiger partial charge in [0, 0.05) is 18.0 Å². The van der Waals surface area contributed by atoms with Crippen LogP contribution in [0.2, 0.25) is 0 Å². The molecule has 1 aliphatic rings. The normalized spacial score (nSPS) is 23.3. The van der Waals surface area contributed by atoms with Crippen molar-refractivity contribution in [1.82, 2.24) is 4.90 Å². The van der Waals surface area contributed by atoms with Crippen LogP contribution in [0, 0.1) is 0 Å². The van der Waals surface area contributed by atoms with E-state index in [9.17, 15) is 4.79 Å². The van der Waals surface area contributed by atoms with Crippen molar-refractivity contribution in [3.8, 4) is 5.75 Å². The van der Waals surface area contributed by atoms with Crippen molar-refractivity contribution in [3.05, 3.63) is 29.8 Å². The number of nitrogens with two attached hydrogens (primary N) is 1. The van der Waals surface area contributed by atoms with Gasteiger partial charge >= 0.3 is 0 Å². The maximum atomic E-state index is 12.4. The molecule has 21 heavy (non-hydrogen) atoms. The highest BCUT2D eigenvalue weighted by atomic mass is 16.5. The molecule has 1 amide bonds. The molecule has 2 rings (SSSR count). The highest BCUT2D eigenvalue weighted by molar-refractivity contribution is 5.78. The molecule has 0 radical (unpaired) electrons. The fourth-order valence-corrected chi connectivity index (χ4v) is 3.06. The molecule has 2 atom stereocenters. The summed E-state index contributed by atoms with van der Waals surface area (Å²) < 4.78 is 5.58. The van der Waals surface area contributed by atoms with Crippen molar-refractivity contribution < 1.29 is 9.53 Å². The van der Waals surface area contributed by atoms with Crippen molar-refractivity contribution in [3.63, 3.8) is 0 Å². The third kappa shape index (κ3) is 3.38. The van der Waals surface area contributed by atoms with Crippen LogP contribution in [0.25, 0.3) is 0 Å². The van der Waals surface area contributed by atoms with Gasteiger partial charge < -0.3 is 15.4 Å². The van der Waals surface area contributed by atoms with Gasteiger partial charge in [-0.2, -0.15) is 0 Å². The van der Waals surface area contributed by atoms with E-state index in [1.165, 1.54) is 0 Å². The van der Waals surface area contributed by atoms with E-state index >= 15 is 0 Å². The van der Waals surface area contributed by atoms with Gasteiger partial charge in [0.25, 0.3) is 0 Å². The van der Waals surface area contributed by atoms with Crippen LogP contribution in [0.1, 0.15) is 52.1 Å². The van der Waals surface area contributed by atoms with Crippen LogP contribution >= 0.6 is 0 Å². The third-order valence-electron chi connectivity index (χ3n) is 3.88. The summed E-state index contributed by atoms with van der Waals surface area (Å²) in [6.45, 7) is 8.76. The largest absolute Gasteiger partial charge is 0.494 e. The number of likely N-dealkylation sites (tertiary alicyclic amines) is 1. The molecule has 4 heteroatoms. The molecule has 2 N–H and O–H groups in total. The number of hydrogen-bond donors (Lipinski definition) is 1. The molecule has 0 spiro atoms. The van der Waals surface area contributed by atoms with Gasteiger partial charge in [-0.25, -0.2) is 0 Å². The first-order chi connectivity index (χ1) is 9.84. The Hall–Kier alpha value is -1.55. The first-order valence-electron chi connectivity index (χ1n) is 7.65. The van der Waals surface area contributed by atoms with Crippen molar-refractivity contribution in [2.75, 3.05) is 6.61 Å². The number of piperidine rings is 1. The lowest BCUT2D eigenvalue weighted by Gasteiger charge is -2.47. The second kappa shape index (κ2) is 6.06. The second-order valence-corrected chi connectivity index (χ2v) is 6.59. The number of rotatable bonds is 3. The van der Waals surface area contributed by atoms with Crippen LogP contribution in [-0.2, 0) is 4.79 Å². The lowest BCUT2D eigenvalue weighted by atomic mass is 9.86. The maximum absolute atomic E-state index is 12.4. The Morgan fingerprint density at radius 3 is 2.71 bits per heavy atom. The van der Waals surface area contributed by atoms with Crippen LogP contribution in [0.15, 0.2) is 24.3 Å². The fraction of sp³-hybridized carbons (Fsp3) is 0.588. The molecule has 1 aromatic carbocycles. The standard InChI is InChI=1S/C17H26N2O2/c1-5-21-13-8-6-7-12(11-13)16-14(18)9-10-15(20)19(16)17(2,3)4/h6-8,11,14,16H,5,9-10,18H2,1-4H3. The quantitative estimate of drug-likeness (QED) is 0.931. The molecule has 0 bridgehead atoms. The number of nitrogens with zero attached hydrogens (tertiary/aromatic N) is 1. The Morgan fingerprint density at radius 1 is 1.38 bits per heavy atom. The Labute approximate surface area is 127 Å². The summed E-state index contributed by atoms with van der Waals surface area (Å²) in [4.78, 5) is 14.4. The highest BCUT2D eigenvalue weighted by Crippen LogP contribution is 2.37. The smallest absolute Gasteiger partial charge is 0.223 e. The zero-order chi connectivity index (χ0) is 15.6. The zero-order valence-electron chi connectivity index (χ0n) is 13.4. The number of carbonyl (C=O) groups is 1. The summed E-state index contributed by atoms with van der Waals surface area (Å²) in [7, 11) is 0. The monoisotopic (exact) mass is 290 g/mol. The van der Waals surface area contributed by atoms with Crippen LogP contribution in [0.3, 0.4) is 0 Å². The van der Waals surface area contributed by atoms with E-state index in [0.29, 0.717) is 13.0 Å². The molecule has 0 saturated carbocycles. The van der Waals surface area contributed by atoms with Gasteiger partial charge in [0.05, 0.1) is 12.6 Å². The summed E-state index contributed by atoms with van der Waals surface area (Å²) in [5.41, 5.74) is 7.15. The number of ether oxygens (including phenoxy) is 1. The van der Waals surface area contributed by atoms with Gasteiger partial charge in [-0.15, -0.1) is 0 Å². The second-order valence-electron chi connectivity index (χ2n) is 6.59. The molecule has 0 aromatic heterocycles. The van der Waals surface area contributed by atoms with Crippen LogP contribution in [0.5, 0.6) is 5.75 Å². The van der Waals surface area contributed by atoms with Crippen molar-refractivity contribution >= 4 is 5.91 Å². The van der Waals surface area contributed by atoms with E-state index in [-0.39, 0.29) is 23.5 Å². The van der Waals surface area contributed by atoms with Crippen molar-refractivity contribution in [2.24, 2.45) is 5.73 Å². The average molecular weight is 290 g/mol. The third-order valence-corrected chi connectivity index (χ3v) is 3.88.